The molecule has 1 aromatic carbocycles. The lowest BCUT2D eigenvalue weighted by Crippen LogP contribution is -2.24. The van der Waals surface area contributed by atoms with E-state index in [0.29, 0.717) is 18.9 Å². The van der Waals surface area contributed by atoms with Gasteiger partial charge in [-0.2, -0.15) is 0 Å². The molecule has 1 aliphatic rings. The van der Waals surface area contributed by atoms with Crippen LogP contribution in [-0.4, -0.2) is 22.6 Å². The van der Waals surface area contributed by atoms with Gasteiger partial charge in [-0.3, -0.25) is 4.79 Å². The quantitative estimate of drug-likeness (QED) is 0.856. The normalized spacial score (nSPS) is 19.1. The lowest BCUT2D eigenvalue weighted by Gasteiger charge is -2.16. The first kappa shape index (κ1) is 12.1. The van der Waals surface area contributed by atoms with Gasteiger partial charge in [0, 0.05) is 18.7 Å². The minimum absolute atomic E-state index is 0.0400. The Kier molecular flexibility index (Phi) is 2.94. The number of nitrogens with one attached hydrogen (secondary N) is 1. The van der Waals surface area contributed by atoms with Crippen LogP contribution in [0.5, 0.6) is 0 Å². The molecule has 1 amide bonds. The number of anilines is 1. The van der Waals surface area contributed by atoms with Crippen molar-refractivity contribution in [2.24, 2.45) is 0 Å². The van der Waals surface area contributed by atoms with E-state index in [1.54, 1.807) is 4.90 Å². The van der Waals surface area contributed by atoms with E-state index < -0.39 is 0 Å². The summed E-state index contributed by atoms with van der Waals surface area (Å²) in [6.07, 6.45) is 0.400. The molecule has 6 heteroatoms. The number of nitrogens with zero attached hydrogens (tertiary/aromatic N) is 2. The summed E-state index contributed by atoms with van der Waals surface area (Å²) in [7, 11) is 0. The van der Waals surface area contributed by atoms with Gasteiger partial charge in [0.1, 0.15) is 0 Å². The minimum atomic E-state index is -0.0400. The standard InChI is InChI=1S/C13H13N3O2S/c1-8-2-4-10(5-3-8)16-7-9(6-11(16)17)12-14-15-13(19)18-12/h2-5,9H,6-7H2,1H3,(H,15,19). The van der Waals surface area contributed by atoms with Crippen molar-refractivity contribution >= 4 is 23.8 Å². The topological polar surface area (TPSA) is 62.1 Å². The highest BCUT2D eigenvalue weighted by atomic mass is 32.1. The van der Waals surface area contributed by atoms with Crippen molar-refractivity contribution in [3.05, 3.63) is 40.6 Å². The van der Waals surface area contributed by atoms with E-state index in [4.69, 9.17) is 16.6 Å². The Balaban J connectivity index is 1.84. The summed E-state index contributed by atoms with van der Waals surface area (Å²) in [5, 5.41) is 6.59. The molecule has 3 rings (SSSR count). The molecule has 1 fully saturated rings. The van der Waals surface area contributed by atoms with Crippen LogP contribution in [0.25, 0.3) is 0 Å². The summed E-state index contributed by atoms with van der Waals surface area (Å²) in [6.45, 7) is 2.59. The summed E-state index contributed by atoms with van der Waals surface area (Å²) < 4.78 is 5.29. The summed E-state index contributed by atoms with van der Waals surface area (Å²) >= 11 is 4.85. The zero-order chi connectivity index (χ0) is 13.4. The van der Waals surface area contributed by atoms with Gasteiger partial charge in [-0.15, -0.1) is 5.10 Å². The second kappa shape index (κ2) is 4.62. The van der Waals surface area contributed by atoms with Crippen molar-refractivity contribution in [2.45, 2.75) is 19.3 Å². The Hall–Kier alpha value is -1.95. The van der Waals surface area contributed by atoms with E-state index in [-0.39, 0.29) is 16.7 Å². The number of H-pyrrole nitrogens is 1. The van der Waals surface area contributed by atoms with Crippen molar-refractivity contribution < 1.29 is 9.21 Å². The maximum Gasteiger partial charge on any atom is 0.284 e. The fraction of sp³-hybridized carbons (Fsp3) is 0.308. The highest BCUT2D eigenvalue weighted by Gasteiger charge is 2.34. The fourth-order valence-corrected chi connectivity index (χ4v) is 2.39. The van der Waals surface area contributed by atoms with Gasteiger partial charge in [0.05, 0.1) is 5.92 Å². The molecule has 98 valence electrons. The third-order valence-electron chi connectivity index (χ3n) is 3.27. The average Bonchev–Trinajstić information content (AvgIpc) is 2.97. The van der Waals surface area contributed by atoms with E-state index in [0.717, 1.165) is 5.69 Å². The van der Waals surface area contributed by atoms with Crippen molar-refractivity contribution in [2.75, 3.05) is 11.4 Å². The largest absolute Gasteiger partial charge is 0.414 e. The molecule has 19 heavy (non-hydrogen) atoms. The smallest absolute Gasteiger partial charge is 0.284 e. The number of hydrogen-bond donors (Lipinski definition) is 1. The average molecular weight is 275 g/mol. The van der Waals surface area contributed by atoms with Crippen LogP contribution in [0.3, 0.4) is 0 Å². The molecule has 1 atom stereocenters. The number of carbonyl (C=O) groups excluding carboxylic acids is 1. The lowest BCUT2D eigenvalue weighted by molar-refractivity contribution is -0.117. The summed E-state index contributed by atoms with van der Waals surface area (Å²) in [5.74, 6) is 0.549. The second-order valence-corrected chi connectivity index (χ2v) is 5.06. The first-order chi connectivity index (χ1) is 9.13. The Morgan fingerprint density at radius 1 is 1.42 bits per heavy atom. The maximum absolute atomic E-state index is 12.1. The van der Waals surface area contributed by atoms with Crippen molar-refractivity contribution in [3.8, 4) is 0 Å². The van der Waals surface area contributed by atoms with Gasteiger partial charge in [-0.1, -0.05) is 17.7 Å². The molecule has 1 N–H and O–H groups in total. The molecule has 0 radical (unpaired) electrons. The summed E-state index contributed by atoms with van der Waals surface area (Å²) in [6, 6.07) is 7.90. The molecule has 0 spiro atoms. The number of aromatic amines is 1. The molecule has 2 heterocycles. The Morgan fingerprint density at radius 3 is 2.79 bits per heavy atom. The van der Waals surface area contributed by atoms with Crippen LogP contribution in [0.2, 0.25) is 0 Å². The third kappa shape index (κ3) is 2.31. The van der Waals surface area contributed by atoms with E-state index in [2.05, 4.69) is 10.2 Å². The molecule has 0 bridgehead atoms. The molecule has 1 aliphatic heterocycles. The summed E-state index contributed by atoms with van der Waals surface area (Å²) in [5.41, 5.74) is 2.08. The molecule has 1 aromatic heterocycles. The Morgan fingerprint density at radius 2 is 2.16 bits per heavy atom. The fourth-order valence-electron chi connectivity index (χ4n) is 2.26. The SMILES string of the molecule is Cc1ccc(N2CC(c3n[nH]c(=S)o3)CC2=O)cc1. The highest BCUT2D eigenvalue weighted by Crippen LogP contribution is 2.30. The van der Waals surface area contributed by atoms with E-state index >= 15 is 0 Å². The van der Waals surface area contributed by atoms with Crippen molar-refractivity contribution in [1.29, 1.82) is 0 Å². The molecule has 0 aliphatic carbocycles. The van der Waals surface area contributed by atoms with Crippen LogP contribution in [0.4, 0.5) is 5.69 Å². The predicted octanol–water partition coefficient (Wildman–Crippen LogP) is 2.56. The molecular formula is C13H13N3O2S. The number of carbonyl (C=O) groups is 1. The number of benzene rings is 1. The van der Waals surface area contributed by atoms with Crippen LogP contribution in [-0.2, 0) is 4.79 Å². The van der Waals surface area contributed by atoms with Gasteiger partial charge < -0.3 is 9.32 Å². The first-order valence-corrected chi connectivity index (χ1v) is 6.47. The van der Waals surface area contributed by atoms with Gasteiger partial charge >= 0.3 is 0 Å². The molecule has 5 nitrogen and oxygen atoms in total. The second-order valence-electron chi connectivity index (χ2n) is 4.69. The predicted molar refractivity (Wildman–Crippen MR) is 72.6 cm³/mol. The molecular weight excluding hydrogens is 262 g/mol. The van der Waals surface area contributed by atoms with E-state index in [9.17, 15) is 4.79 Å². The number of amides is 1. The van der Waals surface area contributed by atoms with Gasteiger partial charge in [-0.05, 0) is 31.3 Å². The van der Waals surface area contributed by atoms with Crippen LogP contribution in [0, 0.1) is 11.8 Å². The molecule has 1 unspecified atom stereocenters. The van der Waals surface area contributed by atoms with Gasteiger partial charge in [0.15, 0.2) is 0 Å². The van der Waals surface area contributed by atoms with Gasteiger partial charge in [-0.25, -0.2) is 5.10 Å². The highest BCUT2D eigenvalue weighted by molar-refractivity contribution is 7.71. The first-order valence-electron chi connectivity index (χ1n) is 6.06. The maximum atomic E-state index is 12.1. The molecule has 0 saturated carbocycles. The van der Waals surface area contributed by atoms with Crippen LogP contribution in [0.1, 0.15) is 23.8 Å². The van der Waals surface area contributed by atoms with Crippen LogP contribution in [0.15, 0.2) is 28.7 Å². The van der Waals surface area contributed by atoms with Crippen LogP contribution >= 0.6 is 12.2 Å². The van der Waals surface area contributed by atoms with Gasteiger partial charge in [0.25, 0.3) is 4.84 Å². The monoisotopic (exact) mass is 275 g/mol. The number of aryl methyl sites for hydroxylation is 1. The van der Waals surface area contributed by atoms with Crippen LogP contribution < -0.4 is 4.90 Å². The zero-order valence-electron chi connectivity index (χ0n) is 10.4. The zero-order valence-corrected chi connectivity index (χ0v) is 11.2. The third-order valence-corrected chi connectivity index (χ3v) is 3.45. The minimum Gasteiger partial charge on any atom is -0.414 e. The molecule has 1 saturated heterocycles. The number of hydrogen-bond acceptors (Lipinski definition) is 4. The Labute approximate surface area is 115 Å². The number of rotatable bonds is 2. The van der Waals surface area contributed by atoms with Gasteiger partial charge in [0.2, 0.25) is 11.8 Å². The van der Waals surface area contributed by atoms with E-state index in [1.165, 1.54) is 5.56 Å². The summed E-state index contributed by atoms with van der Waals surface area (Å²) in [4.78, 5) is 14.1. The van der Waals surface area contributed by atoms with Crippen molar-refractivity contribution in [1.82, 2.24) is 10.2 Å². The molecule has 2 aromatic rings. The Bertz CT molecular complexity index is 659. The lowest BCUT2D eigenvalue weighted by atomic mass is 10.1. The van der Waals surface area contributed by atoms with E-state index in [1.807, 2.05) is 31.2 Å². The van der Waals surface area contributed by atoms with Crippen molar-refractivity contribution in [3.63, 3.8) is 0 Å². The number of aromatic nitrogens is 2.